The maximum absolute atomic E-state index is 11.1. The van der Waals surface area contributed by atoms with E-state index in [-0.39, 0.29) is 0 Å². The summed E-state index contributed by atoms with van der Waals surface area (Å²) >= 11 is 5.59. The van der Waals surface area contributed by atoms with E-state index >= 15 is 0 Å². The Balaban J connectivity index is 2.69. The van der Waals surface area contributed by atoms with Crippen molar-refractivity contribution in [1.29, 1.82) is 0 Å². The quantitative estimate of drug-likeness (QED) is 0.797. The van der Waals surface area contributed by atoms with E-state index < -0.39 is 6.09 Å². The molecule has 78 valence electrons. The highest BCUT2D eigenvalue weighted by molar-refractivity contribution is 6.18. The van der Waals surface area contributed by atoms with Crippen LogP contribution in [0.5, 0.6) is 0 Å². The van der Waals surface area contributed by atoms with Crippen LogP contribution in [0.2, 0.25) is 0 Å². The molecule has 4 nitrogen and oxygen atoms in total. The monoisotopic (exact) mass is 224 g/mol. The molecule has 1 N–H and O–H groups in total. The summed E-state index contributed by atoms with van der Waals surface area (Å²) in [6, 6.07) is 7.13. The molecule has 0 aliphatic carbocycles. The fourth-order valence-corrected chi connectivity index (χ4v) is 1.71. The largest absolute Gasteiger partial charge is 0.464 e. The highest BCUT2D eigenvalue weighted by Gasteiger charge is 2.14. The lowest BCUT2D eigenvalue weighted by atomic mass is 10.3. The number of halogens is 1. The molecule has 0 amide bonds. The molecule has 15 heavy (non-hydrogen) atoms. The first-order valence-corrected chi connectivity index (χ1v) is 5.03. The average Bonchev–Trinajstić information content (AvgIpc) is 2.56. The lowest BCUT2D eigenvalue weighted by molar-refractivity contribution is 0.196. The highest BCUT2D eigenvalue weighted by atomic mass is 35.5. The minimum atomic E-state index is -1.02. The highest BCUT2D eigenvalue weighted by Crippen LogP contribution is 2.16. The summed E-state index contributed by atoms with van der Waals surface area (Å²) in [5.41, 5.74) is 1.28. The maximum atomic E-state index is 11.1. The molecule has 0 fully saturated rings. The van der Waals surface area contributed by atoms with Crippen molar-refractivity contribution in [2.24, 2.45) is 0 Å². The molecule has 1 aromatic heterocycles. The van der Waals surface area contributed by atoms with Gasteiger partial charge < -0.3 is 5.11 Å². The van der Waals surface area contributed by atoms with Crippen molar-refractivity contribution in [1.82, 2.24) is 9.55 Å². The second-order valence-corrected chi connectivity index (χ2v) is 3.45. The minimum absolute atomic E-state index is 0.358. The molecule has 0 radical (unpaired) electrons. The van der Waals surface area contributed by atoms with Crippen LogP contribution in [0.4, 0.5) is 4.79 Å². The van der Waals surface area contributed by atoms with Gasteiger partial charge in [-0.05, 0) is 12.1 Å². The van der Waals surface area contributed by atoms with Crippen LogP contribution in [0.25, 0.3) is 11.0 Å². The van der Waals surface area contributed by atoms with E-state index in [9.17, 15) is 4.79 Å². The maximum Gasteiger partial charge on any atom is 0.417 e. The number of hydrogen-bond acceptors (Lipinski definition) is 2. The van der Waals surface area contributed by atoms with Crippen molar-refractivity contribution in [3.8, 4) is 0 Å². The van der Waals surface area contributed by atoms with E-state index in [1.165, 1.54) is 4.57 Å². The molecule has 0 saturated carbocycles. The molecule has 0 aliphatic rings. The van der Waals surface area contributed by atoms with Crippen molar-refractivity contribution in [2.75, 3.05) is 5.88 Å². The van der Waals surface area contributed by atoms with Crippen molar-refractivity contribution in [3.63, 3.8) is 0 Å². The predicted molar refractivity (Wildman–Crippen MR) is 57.6 cm³/mol. The number of aryl methyl sites for hydroxylation is 1. The summed E-state index contributed by atoms with van der Waals surface area (Å²) in [6.45, 7) is 0. The van der Waals surface area contributed by atoms with Gasteiger partial charge in [0.15, 0.2) is 0 Å². The van der Waals surface area contributed by atoms with E-state index in [0.29, 0.717) is 29.2 Å². The molecular weight excluding hydrogens is 216 g/mol. The lowest BCUT2D eigenvalue weighted by Gasteiger charge is -2.00. The molecule has 0 saturated heterocycles. The topological polar surface area (TPSA) is 55.1 Å². The zero-order valence-electron chi connectivity index (χ0n) is 7.85. The Kier molecular flexibility index (Phi) is 2.60. The van der Waals surface area contributed by atoms with Crippen LogP contribution in [0, 0.1) is 0 Å². The first-order valence-electron chi connectivity index (χ1n) is 4.49. The number of benzene rings is 1. The van der Waals surface area contributed by atoms with Crippen LogP contribution in [0.3, 0.4) is 0 Å². The van der Waals surface area contributed by atoms with Gasteiger partial charge in [0.05, 0.1) is 11.0 Å². The summed E-state index contributed by atoms with van der Waals surface area (Å²) in [5, 5.41) is 9.06. The molecule has 1 heterocycles. The summed E-state index contributed by atoms with van der Waals surface area (Å²) in [6.07, 6.45) is -0.577. The van der Waals surface area contributed by atoms with Gasteiger partial charge in [-0.2, -0.15) is 0 Å². The van der Waals surface area contributed by atoms with E-state index in [4.69, 9.17) is 16.7 Å². The number of alkyl halides is 1. The third-order valence-corrected chi connectivity index (χ3v) is 2.33. The van der Waals surface area contributed by atoms with Gasteiger partial charge >= 0.3 is 6.09 Å². The Morgan fingerprint density at radius 2 is 2.20 bits per heavy atom. The number of hydrogen-bond donors (Lipinski definition) is 1. The standard InChI is InChI=1S/C10H9ClN2O2/c11-6-5-9-12-7-3-1-2-4-8(7)13(9)10(14)15/h1-4H,5-6H2,(H,14,15). The van der Waals surface area contributed by atoms with Crippen LogP contribution < -0.4 is 0 Å². The normalized spacial score (nSPS) is 10.7. The summed E-state index contributed by atoms with van der Waals surface area (Å²) in [7, 11) is 0. The Bertz CT molecular complexity index is 507. The molecule has 2 rings (SSSR count). The first-order chi connectivity index (χ1) is 7.24. The molecule has 2 aromatic rings. The number of carbonyl (C=O) groups is 1. The molecule has 0 atom stereocenters. The van der Waals surface area contributed by atoms with Crippen molar-refractivity contribution >= 4 is 28.7 Å². The van der Waals surface area contributed by atoms with Crippen LogP contribution >= 0.6 is 11.6 Å². The third kappa shape index (κ3) is 1.68. The molecule has 5 heteroatoms. The molecular formula is C10H9ClN2O2. The SMILES string of the molecule is O=C(O)n1c(CCCl)nc2ccccc21. The zero-order valence-corrected chi connectivity index (χ0v) is 8.61. The van der Waals surface area contributed by atoms with E-state index in [1.54, 1.807) is 18.2 Å². The number of carboxylic acid groups (broad SMARTS) is 1. The predicted octanol–water partition coefficient (Wildman–Crippen LogP) is 2.34. The molecule has 0 unspecified atom stereocenters. The summed E-state index contributed by atoms with van der Waals surface area (Å²) in [5.74, 6) is 0.843. The number of fused-ring (bicyclic) bond motifs is 1. The van der Waals surface area contributed by atoms with E-state index in [1.807, 2.05) is 6.07 Å². The fourth-order valence-electron chi connectivity index (χ4n) is 1.54. The van der Waals surface area contributed by atoms with Gasteiger partial charge in [-0.15, -0.1) is 11.6 Å². The molecule has 1 aromatic carbocycles. The number of rotatable bonds is 2. The Hall–Kier alpha value is -1.55. The van der Waals surface area contributed by atoms with Gasteiger partial charge in [0.2, 0.25) is 0 Å². The van der Waals surface area contributed by atoms with Crippen LogP contribution in [0.15, 0.2) is 24.3 Å². The van der Waals surface area contributed by atoms with E-state index in [0.717, 1.165) is 0 Å². The Morgan fingerprint density at radius 3 is 2.87 bits per heavy atom. The van der Waals surface area contributed by atoms with Gasteiger partial charge in [-0.3, -0.25) is 0 Å². The van der Waals surface area contributed by atoms with Gasteiger partial charge in [-0.1, -0.05) is 12.1 Å². The minimum Gasteiger partial charge on any atom is -0.464 e. The average molecular weight is 225 g/mol. The lowest BCUT2D eigenvalue weighted by Crippen LogP contribution is -2.12. The van der Waals surface area contributed by atoms with Crippen molar-refractivity contribution < 1.29 is 9.90 Å². The number of para-hydroxylation sites is 2. The van der Waals surface area contributed by atoms with Crippen LogP contribution in [0.1, 0.15) is 5.82 Å². The smallest absolute Gasteiger partial charge is 0.417 e. The summed E-state index contributed by atoms with van der Waals surface area (Å²) < 4.78 is 1.18. The Labute approximate surface area is 91.1 Å². The zero-order chi connectivity index (χ0) is 10.8. The number of nitrogens with zero attached hydrogens (tertiary/aromatic N) is 2. The second-order valence-electron chi connectivity index (χ2n) is 3.07. The summed E-state index contributed by atoms with van der Waals surface area (Å²) in [4.78, 5) is 15.3. The van der Waals surface area contributed by atoms with Gasteiger partial charge in [0.1, 0.15) is 5.82 Å². The van der Waals surface area contributed by atoms with E-state index in [2.05, 4.69) is 4.98 Å². The second kappa shape index (κ2) is 3.90. The number of imidazole rings is 1. The van der Waals surface area contributed by atoms with Crippen molar-refractivity contribution in [2.45, 2.75) is 6.42 Å². The third-order valence-electron chi connectivity index (χ3n) is 2.14. The molecule has 0 bridgehead atoms. The van der Waals surface area contributed by atoms with Crippen LogP contribution in [-0.2, 0) is 6.42 Å². The molecule has 0 spiro atoms. The van der Waals surface area contributed by atoms with Crippen LogP contribution in [-0.4, -0.2) is 26.6 Å². The van der Waals surface area contributed by atoms with Gasteiger partial charge in [0.25, 0.3) is 0 Å². The number of aromatic nitrogens is 2. The molecule has 0 aliphatic heterocycles. The Morgan fingerprint density at radius 1 is 1.47 bits per heavy atom. The first kappa shape index (κ1) is 9.98. The van der Waals surface area contributed by atoms with Gasteiger partial charge in [-0.25, -0.2) is 14.3 Å². The van der Waals surface area contributed by atoms with Crippen molar-refractivity contribution in [3.05, 3.63) is 30.1 Å². The fraction of sp³-hybridized carbons (Fsp3) is 0.200. The van der Waals surface area contributed by atoms with Gasteiger partial charge in [0, 0.05) is 12.3 Å².